The highest BCUT2D eigenvalue weighted by Crippen LogP contribution is 2.38. The fourth-order valence-corrected chi connectivity index (χ4v) is 5.01. The van der Waals surface area contributed by atoms with Crippen LogP contribution in [-0.2, 0) is 22.4 Å². The summed E-state index contributed by atoms with van der Waals surface area (Å²) in [5.41, 5.74) is 2.23. The molecule has 0 amide bonds. The maximum absolute atomic E-state index is 13.5. The van der Waals surface area contributed by atoms with Crippen molar-refractivity contribution < 1.29 is 21.6 Å². The van der Waals surface area contributed by atoms with Gasteiger partial charge in [-0.3, -0.25) is 0 Å². The molecule has 0 saturated heterocycles. The van der Waals surface area contributed by atoms with E-state index in [1.165, 1.54) is 22.1 Å². The Balaban J connectivity index is 1.85. The molecule has 4 rings (SSSR count). The van der Waals surface area contributed by atoms with Gasteiger partial charge in [0, 0.05) is 6.26 Å². The van der Waals surface area contributed by atoms with E-state index in [-0.39, 0.29) is 4.90 Å². The van der Waals surface area contributed by atoms with Crippen molar-refractivity contribution >= 4 is 21.2 Å². The molecule has 4 nitrogen and oxygen atoms in total. The third kappa shape index (κ3) is 4.35. The lowest BCUT2D eigenvalue weighted by Crippen LogP contribution is -2.08. The Kier molecular flexibility index (Phi) is 5.72. The minimum absolute atomic E-state index is 0.184. The Labute approximate surface area is 187 Å². The summed E-state index contributed by atoms with van der Waals surface area (Å²) in [7, 11) is -3.38. The molecule has 4 aromatic rings. The molecule has 2 aromatic carbocycles. The normalized spacial score (nSPS) is 12.3. The number of aryl methyl sites for hydroxylation is 1. The number of alkyl halides is 3. The number of halogens is 3. The monoisotopic (exact) mass is 476 g/mol. The highest BCUT2D eigenvalue weighted by Gasteiger charge is 2.35. The van der Waals surface area contributed by atoms with Gasteiger partial charge in [-0.2, -0.15) is 18.3 Å². The number of benzene rings is 2. The highest BCUT2D eigenvalue weighted by molar-refractivity contribution is 7.90. The molecule has 0 unspecified atom stereocenters. The molecule has 0 fully saturated rings. The minimum Gasteiger partial charge on any atom is -0.231 e. The van der Waals surface area contributed by atoms with E-state index in [1.54, 1.807) is 41.8 Å². The van der Waals surface area contributed by atoms with Gasteiger partial charge in [-0.05, 0) is 58.8 Å². The van der Waals surface area contributed by atoms with E-state index in [0.29, 0.717) is 28.2 Å². The van der Waals surface area contributed by atoms with Crippen molar-refractivity contribution in [2.45, 2.75) is 24.4 Å². The van der Waals surface area contributed by atoms with Crippen LogP contribution >= 0.6 is 11.3 Å². The SMILES string of the molecule is CCc1ccccc1-n1nc(C(F)(F)F)cc1-c1cc(-c2cccc(S(C)(=O)=O)c2)cs1. The fourth-order valence-electron chi connectivity index (χ4n) is 3.42. The van der Waals surface area contributed by atoms with Gasteiger partial charge in [-0.15, -0.1) is 11.3 Å². The number of hydrogen-bond acceptors (Lipinski definition) is 4. The number of rotatable bonds is 5. The van der Waals surface area contributed by atoms with Crippen molar-refractivity contribution in [1.29, 1.82) is 0 Å². The van der Waals surface area contributed by atoms with E-state index in [4.69, 9.17) is 0 Å². The van der Waals surface area contributed by atoms with Crippen molar-refractivity contribution in [3.05, 3.63) is 77.3 Å². The predicted octanol–water partition coefficient (Wildman–Crippen LogP) is 6.25. The fraction of sp³-hybridized carbons (Fsp3) is 0.174. The van der Waals surface area contributed by atoms with Crippen LogP contribution in [0.4, 0.5) is 13.2 Å². The lowest BCUT2D eigenvalue weighted by atomic mass is 10.1. The maximum Gasteiger partial charge on any atom is 0.435 e. The summed E-state index contributed by atoms with van der Waals surface area (Å²) in [4.78, 5) is 0.780. The van der Waals surface area contributed by atoms with Crippen LogP contribution in [0.25, 0.3) is 27.4 Å². The first kappa shape index (κ1) is 22.3. The molecule has 9 heteroatoms. The number of hydrogen-bond donors (Lipinski definition) is 0. The molecule has 0 N–H and O–H groups in total. The quantitative estimate of drug-likeness (QED) is 0.342. The third-order valence-corrected chi connectivity index (χ3v) is 7.11. The van der Waals surface area contributed by atoms with E-state index in [1.807, 2.05) is 19.1 Å². The average molecular weight is 477 g/mol. The van der Waals surface area contributed by atoms with Crippen molar-refractivity contribution in [3.8, 4) is 27.4 Å². The number of nitrogens with zero attached hydrogens (tertiary/aromatic N) is 2. The minimum atomic E-state index is -4.58. The summed E-state index contributed by atoms with van der Waals surface area (Å²) in [5.74, 6) is 0. The molecule has 0 atom stereocenters. The van der Waals surface area contributed by atoms with Crippen LogP contribution in [0, 0.1) is 0 Å². The summed E-state index contributed by atoms with van der Waals surface area (Å²) in [5, 5.41) is 5.68. The average Bonchev–Trinajstić information content (AvgIpc) is 3.40. The zero-order valence-electron chi connectivity index (χ0n) is 17.2. The predicted molar refractivity (Wildman–Crippen MR) is 120 cm³/mol. The van der Waals surface area contributed by atoms with Crippen LogP contribution < -0.4 is 0 Å². The summed E-state index contributed by atoms with van der Waals surface area (Å²) in [6.45, 7) is 1.94. The molecule has 166 valence electrons. The van der Waals surface area contributed by atoms with Gasteiger partial charge in [0.2, 0.25) is 0 Å². The standard InChI is InChI=1S/C23H19F3N2O2S2/c1-3-15-7-4-5-10-19(15)28-20(13-22(27-28)23(24,25)26)21-12-17(14-31-21)16-8-6-9-18(11-16)32(2,29)30/h4-14H,3H2,1-2H3. The van der Waals surface area contributed by atoms with Gasteiger partial charge in [-0.25, -0.2) is 13.1 Å². The van der Waals surface area contributed by atoms with E-state index in [0.717, 1.165) is 23.4 Å². The van der Waals surface area contributed by atoms with Crippen LogP contribution in [0.5, 0.6) is 0 Å². The molecule has 0 aliphatic carbocycles. The summed E-state index contributed by atoms with van der Waals surface area (Å²) < 4.78 is 65.6. The molecule has 0 aliphatic rings. The number of aromatic nitrogens is 2. The summed E-state index contributed by atoms with van der Waals surface area (Å²) in [6.07, 6.45) is -2.80. The van der Waals surface area contributed by atoms with E-state index < -0.39 is 21.7 Å². The first-order valence-corrected chi connectivity index (χ1v) is 12.5. The molecular formula is C23H19F3N2O2S2. The van der Waals surface area contributed by atoms with E-state index in [9.17, 15) is 21.6 Å². The zero-order valence-corrected chi connectivity index (χ0v) is 18.9. The van der Waals surface area contributed by atoms with Gasteiger partial charge in [-0.1, -0.05) is 37.3 Å². The van der Waals surface area contributed by atoms with Gasteiger partial charge in [0.15, 0.2) is 15.5 Å². The molecule has 0 radical (unpaired) electrons. The Morgan fingerprint density at radius 3 is 2.44 bits per heavy atom. The maximum atomic E-state index is 13.5. The Hall–Kier alpha value is -2.91. The van der Waals surface area contributed by atoms with Gasteiger partial charge < -0.3 is 0 Å². The van der Waals surface area contributed by atoms with Crippen LogP contribution in [-0.4, -0.2) is 24.5 Å². The van der Waals surface area contributed by atoms with Crippen LogP contribution in [0.15, 0.2) is 70.9 Å². The van der Waals surface area contributed by atoms with Gasteiger partial charge >= 0.3 is 6.18 Å². The highest BCUT2D eigenvalue weighted by atomic mass is 32.2. The van der Waals surface area contributed by atoms with Crippen LogP contribution in [0.2, 0.25) is 0 Å². The Morgan fingerprint density at radius 2 is 1.75 bits per heavy atom. The van der Waals surface area contributed by atoms with Crippen molar-refractivity contribution in [1.82, 2.24) is 9.78 Å². The van der Waals surface area contributed by atoms with Gasteiger partial charge in [0.25, 0.3) is 0 Å². The van der Waals surface area contributed by atoms with E-state index in [2.05, 4.69) is 5.10 Å². The second kappa shape index (κ2) is 8.22. The molecule has 0 bridgehead atoms. The second-order valence-corrected chi connectivity index (χ2v) is 10.2. The third-order valence-electron chi connectivity index (χ3n) is 5.05. The smallest absolute Gasteiger partial charge is 0.231 e. The Bertz CT molecular complexity index is 1390. The summed E-state index contributed by atoms with van der Waals surface area (Å²) >= 11 is 1.28. The molecule has 0 spiro atoms. The molecule has 2 aromatic heterocycles. The molecule has 32 heavy (non-hydrogen) atoms. The van der Waals surface area contributed by atoms with Crippen LogP contribution in [0.3, 0.4) is 0 Å². The largest absolute Gasteiger partial charge is 0.435 e. The number of thiophene rings is 1. The molecular weight excluding hydrogens is 457 g/mol. The van der Waals surface area contributed by atoms with Gasteiger partial charge in [0.05, 0.1) is 21.2 Å². The molecule has 0 aliphatic heterocycles. The Morgan fingerprint density at radius 1 is 1.00 bits per heavy atom. The lowest BCUT2D eigenvalue weighted by Gasteiger charge is -2.10. The number of sulfone groups is 1. The molecule has 2 heterocycles. The van der Waals surface area contributed by atoms with Crippen molar-refractivity contribution in [2.75, 3.05) is 6.26 Å². The first-order chi connectivity index (χ1) is 15.1. The van der Waals surface area contributed by atoms with Crippen LogP contribution in [0.1, 0.15) is 18.2 Å². The van der Waals surface area contributed by atoms with Crippen molar-refractivity contribution in [2.24, 2.45) is 0 Å². The zero-order chi connectivity index (χ0) is 23.1. The lowest BCUT2D eigenvalue weighted by molar-refractivity contribution is -0.141. The number of para-hydroxylation sites is 1. The molecule has 0 saturated carbocycles. The second-order valence-electron chi connectivity index (χ2n) is 7.31. The van der Waals surface area contributed by atoms with Gasteiger partial charge in [0.1, 0.15) is 0 Å². The topological polar surface area (TPSA) is 52.0 Å². The summed E-state index contributed by atoms with van der Waals surface area (Å²) in [6, 6.07) is 16.5. The van der Waals surface area contributed by atoms with E-state index >= 15 is 0 Å². The first-order valence-electron chi connectivity index (χ1n) is 9.73. The van der Waals surface area contributed by atoms with Crippen molar-refractivity contribution in [3.63, 3.8) is 0 Å².